The first-order valence-corrected chi connectivity index (χ1v) is 6.50. The van der Waals surface area contributed by atoms with E-state index in [0.717, 1.165) is 11.1 Å². The summed E-state index contributed by atoms with van der Waals surface area (Å²) < 4.78 is 0. The van der Waals surface area contributed by atoms with Crippen molar-refractivity contribution in [1.82, 2.24) is 10.3 Å². The Morgan fingerprint density at radius 2 is 2.39 bits per heavy atom. The fourth-order valence-corrected chi connectivity index (χ4v) is 2.29. The van der Waals surface area contributed by atoms with E-state index in [1.54, 1.807) is 23.6 Å². The molecule has 2 heterocycles. The summed E-state index contributed by atoms with van der Waals surface area (Å²) in [6, 6.07) is 7.51. The summed E-state index contributed by atoms with van der Waals surface area (Å²) in [5.74, 6) is 0. The van der Waals surface area contributed by atoms with Gasteiger partial charge in [-0.1, -0.05) is 0 Å². The van der Waals surface area contributed by atoms with Crippen molar-refractivity contribution in [3.05, 3.63) is 52.0 Å². The standard InChI is InChI=1S/C13H13N3OS/c14-6-12-5-10(1-3-16-12)7-15-8-13(17)11-2-4-18-9-11/h1-5,9,13,15,17H,7-8H2. The van der Waals surface area contributed by atoms with Crippen LogP contribution in [0, 0.1) is 11.3 Å². The SMILES string of the molecule is N#Cc1cc(CNCC(O)c2ccsc2)ccn1. The van der Waals surface area contributed by atoms with E-state index >= 15 is 0 Å². The second-order valence-electron chi connectivity index (χ2n) is 3.86. The summed E-state index contributed by atoms with van der Waals surface area (Å²) in [7, 11) is 0. The third kappa shape index (κ3) is 3.37. The summed E-state index contributed by atoms with van der Waals surface area (Å²) >= 11 is 1.57. The highest BCUT2D eigenvalue weighted by Gasteiger charge is 2.06. The number of nitrogens with one attached hydrogen (secondary N) is 1. The molecular formula is C13H13N3OS. The first-order valence-electron chi connectivity index (χ1n) is 5.55. The van der Waals surface area contributed by atoms with E-state index < -0.39 is 6.10 Å². The van der Waals surface area contributed by atoms with Crippen LogP contribution in [0.15, 0.2) is 35.2 Å². The van der Waals surface area contributed by atoms with Gasteiger partial charge in [-0.25, -0.2) is 4.98 Å². The van der Waals surface area contributed by atoms with Crippen LogP contribution >= 0.6 is 11.3 Å². The lowest BCUT2D eigenvalue weighted by Gasteiger charge is -2.10. The zero-order valence-corrected chi connectivity index (χ0v) is 10.5. The molecule has 18 heavy (non-hydrogen) atoms. The molecule has 0 amide bonds. The van der Waals surface area contributed by atoms with Crippen LogP contribution in [-0.4, -0.2) is 16.6 Å². The fourth-order valence-electron chi connectivity index (χ4n) is 1.58. The summed E-state index contributed by atoms with van der Waals surface area (Å²) in [5, 5.41) is 25.6. The molecule has 0 aliphatic carbocycles. The molecule has 1 atom stereocenters. The van der Waals surface area contributed by atoms with Crippen molar-refractivity contribution in [3.8, 4) is 6.07 Å². The van der Waals surface area contributed by atoms with Crippen LogP contribution in [-0.2, 0) is 6.54 Å². The second-order valence-corrected chi connectivity index (χ2v) is 4.64. The molecule has 92 valence electrons. The Kier molecular flexibility index (Phi) is 4.42. The lowest BCUT2D eigenvalue weighted by atomic mass is 10.2. The van der Waals surface area contributed by atoms with Gasteiger partial charge >= 0.3 is 0 Å². The van der Waals surface area contributed by atoms with Crippen molar-refractivity contribution in [1.29, 1.82) is 5.26 Å². The zero-order chi connectivity index (χ0) is 12.8. The molecule has 0 bridgehead atoms. The van der Waals surface area contributed by atoms with E-state index in [1.165, 1.54) is 0 Å². The van der Waals surface area contributed by atoms with Gasteiger partial charge in [0.1, 0.15) is 11.8 Å². The second kappa shape index (κ2) is 6.26. The van der Waals surface area contributed by atoms with E-state index in [2.05, 4.69) is 10.3 Å². The average molecular weight is 259 g/mol. The van der Waals surface area contributed by atoms with Crippen molar-refractivity contribution < 1.29 is 5.11 Å². The topological polar surface area (TPSA) is 68.9 Å². The van der Waals surface area contributed by atoms with Gasteiger partial charge in [-0.2, -0.15) is 16.6 Å². The van der Waals surface area contributed by atoms with E-state index in [0.29, 0.717) is 18.8 Å². The molecule has 5 heteroatoms. The summed E-state index contributed by atoms with van der Waals surface area (Å²) in [6.07, 6.45) is 1.12. The van der Waals surface area contributed by atoms with Gasteiger partial charge in [0.15, 0.2) is 0 Å². The van der Waals surface area contributed by atoms with Crippen molar-refractivity contribution in [3.63, 3.8) is 0 Å². The minimum Gasteiger partial charge on any atom is -0.387 e. The van der Waals surface area contributed by atoms with Crippen molar-refractivity contribution in [2.24, 2.45) is 0 Å². The van der Waals surface area contributed by atoms with Crippen molar-refractivity contribution in [2.45, 2.75) is 12.6 Å². The normalized spacial score (nSPS) is 12.0. The molecule has 4 nitrogen and oxygen atoms in total. The van der Waals surface area contributed by atoms with Crippen LogP contribution in [0.5, 0.6) is 0 Å². The van der Waals surface area contributed by atoms with Crippen LogP contribution in [0.4, 0.5) is 0 Å². The smallest absolute Gasteiger partial charge is 0.140 e. The van der Waals surface area contributed by atoms with Crippen LogP contribution in [0.2, 0.25) is 0 Å². The number of aromatic nitrogens is 1. The van der Waals surface area contributed by atoms with E-state index in [1.807, 2.05) is 29.0 Å². The van der Waals surface area contributed by atoms with Gasteiger partial charge in [0, 0.05) is 19.3 Å². The number of aliphatic hydroxyl groups excluding tert-OH is 1. The molecule has 0 aliphatic heterocycles. The van der Waals surface area contributed by atoms with Crippen LogP contribution in [0.3, 0.4) is 0 Å². The molecule has 2 rings (SSSR count). The van der Waals surface area contributed by atoms with E-state index in [9.17, 15) is 5.11 Å². The first-order chi connectivity index (χ1) is 8.79. The molecule has 0 aromatic carbocycles. The molecule has 0 saturated carbocycles. The van der Waals surface area contributed by atoms with Crippen LogP contribution in [0.1, 0.15) is 22.9 Å². The van der Waals surface area contributed by atoms with Gasteiger partial charge < -0.3 is 10.4 Å². The maximum Gasteiger partial charge on any atom is 0.140 e. The van der Waals surface area contributed by atoms with Gasteiger partial charge in [-0.3, -0.25) is 0 Å². The van der Waals surface area contributed by atoms with Gasteiger partial charge in [-0.05, 0) is 40.1 Å². The molecular weight excluding hydrogens is 246 g/mol. The highest BCUT2D eigenvalue weighted by molar-refractivity contribution is 7.07. The molecule has 2 N–H and O–H groups in total. The number of nitrogens with zero attached hydrogens (tertiary/aromatic N) is 2. The van der Waals surface area contributed by atoms with Crippen LogP contribution < -0.4 is 5.32 Å². The lowest BCUT2D eigenvalue weighted by molar-refractivity contribution is 0.175. The van der Waals surface area contributed by atoms with Gasteiger partial charge in [0.2, 0.25) is 0 Å². The molecule has 0 radical (unpaired) electrons. The number of thiophene rings is 1. The molecule has 0 aliphatic rings. The third-order valence-electron chi connectivity index (χ3n) is 2.53. The van der Waals surface area contributed by atoms with Gasteiger partial charge in [0.25, 0.3) is 0 Å². The summed E-state index contributed by atoms with van der Waals surface area (Å²) in [4.78, 5) is 3.90. The number of pyridine rings is 1. The minimum atomic E-state index is -0.492. The first kappa shape index (κ1) is 12.7. The maximum atomic E-state index is 9.87. The highest BCUT2D eigenvalue weighted by Crippen LogP contribution is 2.15. The monoisotopic (exact) mass is 259 g/mol. The third-order valence-corrected chi connectivity index (χ3v) is 3.24. The summed E-state index contributed by atoms with van der Waals surface area (Å²) in [5.41, 5.74) is 2.33. The predicted octanol–water partition coefficient (Wildman–Crippen LogP) is 1.84. The summed E-state index contributed by atoms with van der Waals surface area (Å²) in [6.45, 7) is 1.10. The Bertz CT molecular complexity index is 533. The van der Waals surface area contributed by atoms with Gasteiger partial charge in [-0.15, -0.1) is 0 Å². The molecule has 0 spiro atoms. The lowest BCUT2D eigenvalue weighted by Crippen LogP contribution is -2.20. The molecule has 2 aromatic heterocycles. The van der Waals surface area contributed by atoms with Gasteiger partial charge in [0.05, 0.1) is 6.10 Å². The van der Waals surface area contributed by atoms with E-state index in [-0.39, 0.29) is 0 Å². The molecule has 0 fully saturated rings. The Morgan fingerprint density at radius 3 is 3.11 bits per heavy atom. The molecule has 2 aromatic rings. The minimum absolute atomic E-state index is 0.410. The van der Waals surface area contributed by atoms with E-state index in [4.69, 9.17) is 5.26 Å². The Balaban J connectivity index is 1.83. The number of hydrogen-bond acceptors (Lipinski definition) is 5. The molecule has 0 saturated heterocycles. The number of hydrogen-bond donors (Lipinski definition) is 2. The number of nitriles is 1. The Morgan fingerprint density at radius 1 is 1.50 bits per heavy atom. The molecule has 1 unspecified atom stereocenters. The predicted molar refractivity (Wildman–Crippen MR) is 69.9 cm³/mol. The van der Waals surface area contributed by atoms with Crippen molar-refractivity contribution in [2.75, 3.05) is 6.54 Å². The highest BCUT2D eigenvalue weighted by atomic mass is 32.1. The largest absolute Gasteiger partial charge is 0.387 e. The Labute approximate surface area is 110 Å². The average Bonchev–Trinajstić information content (AvgIpc) is 2.93. The maximum absolute atomic E-state index is 9.87. The quantitative estimate of drug-likeness (QED) is 0.859. The number of aliphatic hydroxyl groups is 1. The van der Waals surface area contributed by atoms with Crippen LogP contribution in [0.25, 0.3) is 0 Å². The Hall–Kier alpha value is -1.74. The zero-order valence-electron chi connectivity index (χ0n) is 9.71. The fraction of sp³-hybridized carbons (Fsp3) is 0.231. The van der Waals surface area contributed by atoms with Crippen molar-refractivity contribution >= 4 is 11.3 Å². The number of rotatable bonds is 5.